The summed E-state index contributed by atoms with van der Waals surface area (Å²) < 4.78 is 5.15. The Kier molecular flexibility index (Phi) is 2.90. The summed E-state index contributed by atoms with van der Waals surface area (Å²) in [6, 6.07) is 4.05. The van der Waals surface area contributed by atoms with Crippen molar-refractivity contribution in [2.75, 3.05) is 5.32 Å². The molecule has 2 aromatic heterocycles. The van der Waals surface area contributed by atoms with Crippen LogP contribution < -0.4 is 5.32 Å². The van der Waals surface area contributed by atoms with Gasteiger partial charge in [-0.3, -0.25) is 4.98 Å². The first kappa shape index (κ1) is 10.7. The van der Waals surface area contributed by atoms with E-state index in [4.69, 9.17) is 4.52 Å². The van der Waals surface area contributed by atoms with Gasteiger partial charge in [0.25, 0.3) is 0 Å². The second kappa shape index (κ2) is 4.35. The molecule has 0 bridgehead atoms. The van der Waals surface area contributed by atoms with E-state index in [0.717, 1.165) is 22.7 Å². The van der Waals surface area contributed by atoms with Gasteiger partial charge in [0.1, 0.15) is 5.76 Å². The lowest BCUT2D eigenvalue weighted by atomic mass is 10.1. The quantitative estimate of drug-likeness (QED) is 0.858. The molecule has 2 heterocycles. The molecule has 2 aromatic rings. The molecule has 4 heteroatoms. The number of pyridine rings is 1. The third-order valence-corrected chi connectivity index (χ3v) is 2.59. The summed E-state index contributed by atoms with van der Waals surface area (Å²) in [6.45, 7) is 5.98. The second-order valence-electron chi connectivity index (χ2n) is 3.84. The second-order valence-corrected chi connectivity index (χ2v) is 3.84. The maximum absolute atomic E-state index is 5.15. The Bertz CT molecular complexity index is 445. The van der Waals surface area contributed by atoms with E-state index in [-0.39, 0.29) is 6.04 Å². The Morgan fingerprint density at radius 1 is 1.25 bits per heavy atom. The number of nitrogens with zero attached hydrogens (tertiary/aromatic N) is 2. The highest BCUT2D eigenvalue weighted by atomic mass is 16.5. The fraction of sp³-hybridized carbons (Fsp3) is 0.333. The predicted octanol–water partition coefficient (Wildman–Crippen LogP) is 2.86. The summed E-state index contributed by atoms with van der Waals surface area (Å²) in [7, 11) is 0. The van der Waals surface area contributed by atoms with Crippen LogP contribution in [-0.2, 0) is 0 Å². The molecule has 0 saturated carbocycles. The normalized spacial score (nSPS) is 12.4. The molecule has 0 aliphatic carbocycles. The molecule has 0 radical (unpaired) electrons. The van der Waals surface area contributed by atoms with Gasteiger partial charge in [-0.05, 0) is 32.9 Å². The average molecular weight is 217 g/mol. The minimum atomic E-state index is 0.175. The lowest BCUT2D eigenvalue weighted by molar-refractivity contribution is 0.392. The minimum absolute atomic E-state index is 0.175. The van der Waals surface area contributed by atoms with Gasteiger partial charge in [-0.2, -0.15) is 0 Å². The fourth-order valence-corrected chi connectivity index (χ4v) is 1.88. The summed E-state index contributed by atoms with van der Waals surface area (Å²) >= 11 is 0. The zero-order chi connectivity index (χ0) is 11.5. The van der Waals surface area contributed by atoms with E-state index in [1.807, 2.05) is 26.0 Å². The molecule has 84 valence electrons. The molecular weight excluding hydrogens is 202 g/mol. The highest BCUT2D eigenvalue weighted by molar-refractivity contribution is 5.44. The summed E-state index contributed by atoms with van der Waals surface area (Å²) in [5.41, 5.74) is 3.10. The van der Waals surface area contributed by atoms with Crippen LogP contribution >= 0.6 is 0 Å². The van der Waals surface area contributed by atoms with Gasteiger partial charge in [0.05, 0.1) is 11.7 Å². The Labute approximate surface area is 94.7 Å². The highest BCUT2D eigenvalue weighted by Gasteiger charge is 2.15. The van der Waals surface area contributed by atoms with Crippen molar-refractivity contribution in [3.05, 3.63) is 41.5 Å². The highest BCUT2D eigenvalue weighted by Crippen LogP contribution is 2.24. The third-order valence-electron chi connectivity index (χ3n) is 2.59. The van der Waals surface area contributed by atoms with Gasteiger partial charge in [0.2, 0.25) is 0 Å². The standard InChI is InChI=1S/C12H15N3O/c1-8(12-9(2)15-16-10(12)3)14-11-4-6-13-7-5-11/h4-8H,1-3H3,(H,13,14). The van der Waals surface area contributed by atoms with Crippen LogP contribution in [0.1, 0.15) is 30.0 Å². The zero-order valence-corrected chi connectivity index (χ0v) is 9.69. The van der Waals surface area contributed by atoms with Gasteiger partial charge in [-0.15, -0.1) is 0 Å². The van der Waals surface area contributed by atoms with Crippen molar-refractivity contribution < 1.29 is 4.52 Å². The van der Waals surface area contributed by atoms with E-state index in [0.29, 0.717) is 0 Å². The molecule has 0 spiro atoms. The molecule has 1 unspecified atom stereocenters. The molecule has 4 nitrogen and oxygen atoms in total. The first-order chi connectivity index (χ1) is 7.68. The van der Waals surface area contributed by atoms with Crippen molar-refractivity contribution in [3.63, 3.8) is 0 Å². The summed E-state index contributed by atoms with van der Waals surface area (Å²) in [6.07, 6.45) is 3.53. The Hall–Kier alpha value is -1.84. The van der Waals surface area contributed by atoms with Crippen molar-refractivity contribution in [3.8, 4) is 0 Å². The van der Waals surface area contributed by atoms with Gasteiger partial charge >= 0.3 is 0 Å². The number of aromatic nitrogens is 2. The molecule has 1 atom stereocenters. The van der Waals surface area contributed by atoms with Crippen LogP contribution in [0, 0.1) is 13.8 Å². The largest absolute Gasteiger partial charge is 0.378 e. The minimum Gasteiger partial charge on any atom is -0.378 e. The molecule has 0 fully saturated rings. The molecule has 1 N–H and O–H groups in total. The SMILES string of the molecule is Cc1noc(C)c1C(C)Nc1ccncc1. The zero-order valence-electron chi connectivity index (χ0n) is 9.69. The summed E-state index contributed by atoms with van der Waals surface area (Å²) in [4.78, 5) is 3.98. The number of nitrogens with one attached hydrogen (secondary N) is 1. The van der Waals surface area contributed by atoms with Crippen molar-refractivity contribution >= 4 is 5.69 Å². The first-order valence-corrected chi connectivity index (χ1v) is 5.28. The average Bonchev–Trinajstić information content (AvgIpc) is 2.60. The monoisotopic (exact) mass is 217 g/mol. The van der Waals surface area contributed by atoms with Gasteiger partial charge < -0.3 is 9.84 Å². The predicted molar refractivity (Wildman–Crippen MR) is 62.3 cm³/mol. The molecule has 0 aromatic carbocycles. The lowest BCUT2D eigenvalue weighted by Gasteiger charge is -2.14. The Morgan fingerprint density at radius 3 is 2.50 bits per heavy atom. The van der Waals surface area contributed by atoms with Crippen molar-refractivity contribution in [2.24, 2.45) is 0 Å². The van der Waals surface area contributed by atoms with Crippen LogP contribution in [0.2, 0.25) is 0 Å². The van der Waals surface area contributed by atoms with Crippen LogP contribution in [-0.4, -0.2) is 10.1 Å². The number of hydrogen-bond donors (Lipinski definition) is 1. The number of rotatable bonds is 3. The third kappa shape index (κ3) is 2.05. The lowest BCUT2D eigenvalue weighted by Crippen LogP contribution is -2.08. The smallest absolute Gasteiger partial charge is 0.139 e. The molecule has 16 heavy (non-hydrogen) atoms. The van der Waals surface area contributed by atoms with Crippen molar-refractivity contribution in [1.29, 1.82) is 0 Å². The van der Waals surface area contributed by atoms with Crippen LogP contribution in [0.15, 0.2) is 29.0 Å². The number of hydrogen-bond acceptors (Lipinski definition) is 4. The van der Waals surface area contributed by atoms with Crippen molar-refractivity contribution in [1.82, 2.24) is 10.1 Å². The van der Waals surface area contributed by atoms with Gasteiger partial charge in [-0.1, -0.05) is 5.16 Å². The Morgan fingerprint density at radius 2 is 1.94 bits per heavy atom. The van der Waals surface area contributed by atoms with Crippen LogP contribution in [0.5, 0.6) is 0 Å². The van der Waals surface area contributed by atoms with Crippen LogP contribution in [0.25, 0.3) is 0 Å². The molecule has 0 aliphatic rings. The molecule has 0 aliphatic heterocycles. The molecule has 0 saturated heterocycles. The first-order valence-electron chi connectivity index (χ1n) is 5.28. The maximum atomic E-state index is 5.15. The van der Waals surface area contributed by atoms with E-state index in [1.165, 1.54) is 0 Å². The Balaban J connectivity index is 2.18. The maximum Gasteiger partial charge on any atom is 0.139 e. The van der Waals surface area contributed by atoms with Gasteiger partial charge in [-0.25, -0.2) is 0 Å². The van der Waals surface area contributed by atoms with E-state index >= 15 is 0 Å². The molecule has 0 amide bonds. The number of aryl methyl sites for hydroxylation is 2. The fourth-order valence-electron chi connectivity index (χ4n) is 1.88. The summed E-state index contributed by atoms with van der Waals surface area (Å²) in [5, 5.41) is 7.34. The van der Waals surface area contributed by atoms with Crippen LogP contribution in [0.4, 0.5) is 5.69 Å². The van der Waals surface area contributed by atoms with Gasteiger partial charge in [0, 0.05) is 23.6 Å². The van der Waals surface area contributed by atoms with E-state index in [1.54, 1.807) is 12.4 Å². The van der Waals surface area contributed by atoms with E-state index in [9.17, 15) is 0 Å². The van der Waals surface area contributed by atoms with Gasteiger partial charge in [0.15, 0.2) is 0 Å². The summed E-state index contributed by atoms with van der Waals surface area (Å²) in [5.74, 6) is 0.867. The number of anilines is 1. The van der Waals surface area contributed by atoms with E-state index < -0.39 is 0 Å². The molecular formula is C12H15N3O. The van der Waals surface area contributed by atoms with Crippen LogP contribution in [0.3, 0.4) is 0 Å². The van der Waals surface area contributed by atoms with E-state index in [2.05, 4.69) is 22.4 Å². The molecule has 2 rings (SSSR count). The topological polar surface area (TPSA) is 51.0 Å². The van der Waals surface area contributed by atoms with Crippen molar-refractivity contribution in [2.45, 2.75) is 26.8 Å².